The predicted molar refractivity (Wildman–Crippen MR) is 80.3 cm³/mol. The Morgan fingerprint density at radius 2 is 1.95 bits per heavy atom. The molecule has 5 heteroatoms. The average Bonchev–Trinajstić information content (AvgIpc) is 2.41. The van der Waals surface area contributed by atoms with E-state index in [0.717, 1.165) is 16.3 Å². The fourth-order valence-corrected chi connectivity index (χ4v) is 2.22. The Morgan fingerprint density at radius 3 is 2.68 bits per heavy atom. The van der Waals surface area contributed by atoms with Crippen LogP contribution >= 0.6 is 39.1 Å². The van der Waals surface area contributed by atoms with Crippen molar-refractivity contribution in [3.63, 3.8) is 0 Å². The highest BCUT2D eigenvalue weighted by molar-refractivity contribution is 9.10. The van der Waals surface area contributed by atoms with Crippen molar-refractivity contribution >= 4 is 45.4 Å². The molecule has 0 amide bonds. The van der Waals surface area contributed by atoms with Gasteiger partial charge in [0.15, 0.2) is 6.29 Å². The lowest BCUT2D eigenvalue weighted by Gasteiger charge is -2.09. The van der Waals surface area contributed by atoms with Gasteiger partial charge in [-0.2, -0.15) is 0 Å². The molecule has 19 heavy (non-hydrogen) atoms. The van der Waals surface area contributed by atoms with Gasteiger partial charge in [-0.25, -0.2) is 0 Å². The summed E-state index contributed by atoms with van der Waals surface area (Å²) >= 11 is 15.2. The minimum Gasteiger partial charge on any atom is -0.489 e. The highest BCUT2D eigenvalue weighted by atomic mass is 79.9. The molecular weight excluding hydrogens is 351 g/mol. The van der Waals surface area contributed by atoms with Crippen LogP contribution in [0.2, 0.25) is 10.0 Å². The lowest BCUT2D eigenvalue weighted by molar-refractivity contribution is 0.112. The number of benzene rings is 2. The van der Waals surface area contributed by atoms with Crippen LogP contribution in [0.4, 0.5) is 0 Å². The molecule has 0 aliphatic carbocycles. The van der Waals surface area contributed by atoms with E-state index in [0.29, 0.717) is 28.0 Å². The van der Waals surface area contributed by atoms with E-state index in [-0.39, 0.29) is 0 Å². The monoisotopic (exact) mass is 358 g/mol. The highest BCUT2D eigenvalue weighted by Crippen LogP contribution is 2.25. The standard InChI is InChI=1S/C14H9BrCl2O2/c15-13-3-2-12(6-9(13)7-18)19-8-10-5-11(16)1-4-14(10)17/h1-7H,8H2. The number of rotatable bonds is 4. The zero-order valence-electron chi connectivity index (χ0n) is 9.70. The first-order chi connectivity index (χ1) is 9.10. The van der Waals surface area contributed by atoms with Crippen molar-refractivity contribution in [2.45, 2.75) is 6.61 Å². The first-order valence-corrected chi connectivity index (χ1v) is 6.96. The molecule has 2 nitrogen and oxygen atoms in total. The molecule has 2 rings (SSSR count). The Morgan fingerprint density at radius 1 is 1.16 bits per heavy atom. The van der Waals surface area contributed by atoms with E-state index >= 15 is 0 Å². The van der Waals surface area contributed by atoms with Gasteiger partial charge >= 0.3 is 0 Å². The van der Waals surface area contributed by atoms with Crippen LogP contribution in [0.5, 0.6) is 5.75 Å². The van der Waals surface area contributed by atoms with Crippen LogP contribution in [-0.4, -0.2) is 6.29 Å². The summed E-state index contributed by atoms with van der Waals surface area (Å²) in [5.41, 5.74) is 1.33. The number of halogens is 3. The maximum atomic E-state index is 10.8. The van der Waals surface area contributed by atoms with E-state index in [1.807, 2.05) is 0 Å². The second-order valence-corrected chi connectivity index (χ2v) is 5.52. The molecule has 0 radical (unpaired) electrons. The SMILES string of the molecule is O=Cc1cc(OCc2cc(Cl)ccc2Cl)ccc1Br. The molecule has 2 aromatic carbocycles. The molecule has 0 unspecified atom stereocenters. The average molecular weight is 360 g/mol. The third kappa shape index (κ3) is 3.72. The summed E-state index contributed by atoms with van der Waals surface area (Å²) in [7, 11) is 0. The maximum absolute atomic E-state index is 10.8. The van der Waals surface area contributed by atoms with Crippen LogP contribution in [0, 0.1) is 0 Å². The van der Waals surface area contributed by atoms with Crippen LogP contribution < -0.4 is 4.74 Å². The Kier molecular flexibility index (Phi) is 4.86. The van der Waals surface area contributed by atoms with Gasteiger partial charge in [-0.1, -0.05) is 39.1 Å². The summed E-state index contributed by atoms with van der Waals surface area (Å²) in [5.74, 6) is 0.598. The minimum atomic E-state index is 0.291. The van der Waals surface area contributed by atoms with E-state index < -0.39 is 0 Å². The lowest BCUT2D eigenvalue weighted by atomic mass is 10.2. The third-order valence-electron chi connectivity index (χ3n) is 2.50. The van der Waals surface area contributed by atoms with Gasteiger partial charge < -0.3 is 4.74 Å². The van der Waals surface area contributed by atoms with E-state index in [9.17, 15) is 4.79 Å². The summed E-state index contributed by atoms with van der Waals surface area (Å²) in [6.07, 6.45) is 0.767. The largest absolute Gasteiger partial charge is 0.489 e. The summed E-state index contributed by atoms with van der Waals surface area (Å²) < 4.78 is 6.33. The van der Waals surface area contributed by atoms with E-state index in [1.54, 1.807) is 36.4 Å². The van der Waals surface area contributed by atoms with Crippen LogP contribution in [0.25, 0.3) is 0 Å². The van der Waals surface area contributed by atoms with Crippen LogP contribution in [0.15, 0.2) is 40.9 Å². The summed E-state index contributed by atoms with van der Waals surface area (Å²) in [5, 5.41) is 1.20. The molecule has 0 aromatic heterocycles. The topological polar surface area (TPSA) is 26.3 Å². The molecule has 0 atom stereocenters. The number of carbonyl (C=O) groups excluding carboxylic acids is 1. The second kappa shape index (κ2) is 6.42. The molecule has 0 heterocycles. The fourth-order valence-electron chi connectivity index (χ4n) is 1.52. The van der Waals surface area contributed by atoms with Crippen LogP contribution in [-0.2, 0) is 6.61 Å². The zero-order chi connectivity index (χ0) is 13.8. The van der Waals surface area contributed by atoms with Gasteiger partial charge in [0.25, 0.3) is 0 Å². The third-order valence-corrected chi connectivity index (χ3v) is 3.82. The molecule has 0 saturated heterocycles. The van der Waals surface area contributed by atoms with Crippen molar-refractivity contribution in [3.05, 3.63) is 62.0 Å². The second-order valence-electron chi connectivity index (χ2n) is 3.83. The first-order valence-electron chi connectivity index (χ1n) is 5.41. The number of carbonyl (C=O) groups is 1. The first kappa shape index (κ1) is 14.4. The molecule has 2 aromatic rings. The normalized spacial score (nSPS) is 10.3. The van der Waals surface area contributed by atoms with Gasteiger partial charge in [-0.05, 0) is 36.4 Å². The number of aldehydes is 1. The Balaban J connectivity index is 2.14. The lowest BCUT2D eigenvalue weighted by Crippen LogP contribution is -1.97. The van der Waals surface area contributed by atoms with Crippen molar-refractivity contribution in [3.8, 4) is 5.75 Å². The van der Waals surface area contributed by atoms with Gasteiger partial charge in [0.05, 0.1) is 0 Å². The molecule has 0 fully saturated rings. The fraction of sp³-hybridized carbons (Fsp3) is 0.0714. The predicted octanol–water partition coefficient (Wildman–Crippen LogP) is 5.15. The van der Waals surface area contributed by atoms with Crippen LogP contribution in [0.1, 0.15) is 15.9 Å². The molecule has 0 N–H and O–H groups in total. The molecule has 0 aliphatic rings. The molecule has 0 spiro atoms. The minimum absolute atomic E-state index is 0.291. The summed E-state index contributed by atoms with van der Waals surface area (Å²) in [4.78, 5) is 10.8. The quantitative estimate of drug-likeness (QED) is 0.706. The van der Waals surface area contributed by atoms with E-state index in [4.69, 9.17) is 27.9 Å². The Bertz CT molecular complexity index is 614. The van der Waals surface area contributed by atoms with Crippen molar-refractivity contribution in [1.82, 2.24) is 0 Å². The van der Waals surface area contributed by atoms with Crippen molar-refractivity contribution < 1.29 is 9.53 Å². The smallest absolute Gasteiger partial charge is 0.151 e. The Labute approximate surface area is 129 Å². The molecular formula is C14H9BrCl2O2. The maximum Gasteiger partial charge on any atom is 0.151 e. The van der Waals surface area contributed by atoms with E-state index in [1.165, 1.54) is 0 Å². The molecule has 98 valence electrons. The van der Waals surface area contributed by atoms with Gasteiger partial charge in [-0.15, -0.1) is 0 Å². The summed E-state index contributed by atoms with van der Waals surface area (Å²) in [6, 6.07) is 10.4. The number of ether oxygens (including phenoxy) is 1. The molecule has 0 saturated carbocycles. The molecule has 0 aliphatic heterocycles. The zero-order valence-corrected chi connectivity index (χ0v) is 12.8. The van der Waals surface area contributed by atoms with Crippen molar-refractivity contribution in [2.75, 3.05) is 0 Å². The van der Waals surface area contributed by atoms with Crippen LogP contribution in [0.3, 0.4) is 0 Å². The van der Waals surface area contributed by atoms with Gasteiger partial charge in [0, 0.05) is 25.6 Å². The van der Waals surface area contributed by atoms with Crippen molar-refractivity contribution in [2.24, 2.45) is 0 Å². The van der Waals surface area contributed by atoms with Gasteiger partial charge in [-0.3, -0.25) is 4.79 Å². The van der Waals surface area contributed by atoms with Gasteiger partial charge in [0.1, 0.15) is 12.4 Å². The molecule has 0 bridgehead atoms. The summed E-state index contributed by atoms with van der Waals surface area (Å²) in [6.45, 7) is 0.291. The Hall–Kier alpha value is -1.03. The van der Waals surface area contributed by atoms with E-state index in [2.05, 4.69) is 15.9 Å². The number of hydrogen-bond donors (Lipinski definition) is 0. The number of hydrogen-bond acceptors (Lipinski definition) is 2. The van der Waals surface area contributed by atoms with Gasteiger partial charge in [0.2, 0.25) is 0 Å². The highest BCUT2D eigenvalue weighted by Gasteiger charge is 2.05. The van der Waals surface area contributed by atoms with Crippen molar-refractivity contribution in [1.29, 1.82) is 0 Å².